The van der Waals surface area contributed by atoms with Crippen molar-refractivity contribution in [2.24, 2.45) is 0 Å². The average Bonchev–Trinajstić information content (AvgIpc) is 3.28. The maximum absolute atomic E-state index is 11.9. The second kappa shape index (κ2) is 7.74. The summed E-state index contributed by atoms with van der Waals surface area (Å²) < 4.78 is 1.88. The molecule has 0 spiro atoms. The van der Waals surface area contributed by atoms with E-state index >= 15 is 0 Å². The van der Waals surface area contributed by atoms with Crippen LogP contribution in [0.2, 0.25) is 0 Å². The lowest BCUT2D eigenvalue weighted by Gasteiger charge is -2.12. The van der Waals surface area contributed by atoms with Gasteiger partial charge >= 0.3 is 6.03 Å². The summed E-state index contributed by atoms with van der Waals surface area (Å²) in [5, 5.41) is 12.7. The number of urea groups is 1. The van der Waals surface area contributed by atoms with E-state index in [0.29, 0.717) is 6.54 Å². The maximum atomic E-state index is 11.9. The van der Waals surface area contributed by atoms with Gasteiger partial charge in [-0.25, -0.2) is 9.78 Å². The average molecular weight is 341 g/mol. The first-order chi connectivity index (χ1) is 11.7. The third-order valence-electron chi connectivity index (χ3n) is 3.55. The number of nitrogens with one attached hydrogen (secondary N) is 2. The first-order valence-corrected chi connectivity index (χ1v) is 8.57. The smallest absolute Gasteiger partial charge is 0.315 e. The van der Waals surface area contributed by atoms with E-state index in [1.165, 1.54) is 16.9 Å². The molecule has 0 saturated heterocycles. The van der Waals surface area contributed by atoms with Crippen molar-refractivity contribution in [3.05, 3.63) is 70.4 Å². The molecule has 0 radical (unpaired) electrons. The predicted octanol–water partition coefficient (Wildman–Crippen LogP) is 2.95. The van der Waals surface area contributed by atoms with Crippen LogP contribution >= 0.6 is 11.3 Å². The van der Waals surface area contributed by atoms with Gasteiger partial charge in [0.1, 0.15) is 5.01 Å². The predicted molar refractivity (Wildman–Crippen MR) is 93.7 cm³/mol. The number of hydrogen-bond acceptors (Lipinski definition) is 4. The standard InChI is InChI=1S/C17H19N5OS/c1-13(16-18-8-10-24-16)21-17(23)19-11-14-3-5-15(6-4-14)12-22-9-2-7-20-22/h2-10,13H,11-12H2,1H3,(H2,19,21,23). The molecule has 1 aromatic carbocycles. The minimum atomic E-state index is -0.196. The minimum Gasteiger partial charge on any atom is -0.334 e. The number of benzene rings is 1. The molecule has 3 rings (SSSR count). The van der Waals surface area contributed by atoms with Crippen LogP contribution in [-0.2, 0) is 13.1 Å². The molecule has 0 aliphatic carbocycles. The van der Waals surface area contributed by atoms with Crippen LogP contribution in [0.5, 0.6) is 0 Å². The summed E-state index contributed by atoms with van der Waals surface area (Å²) in [6, 6.07) is 9.75. The Labute approximate surface area is 144 Å². The number of nitrogens with zero attached hydrogens (tertiary/aromatic N) is 3. The van der Waals surface area contributed by atoms with Gasteiger partial charge in [-0.2, -0.15) is 5.10 Å². The van der Waals surface area contributed by atoms with Gasteiger partial charge < -0.3 is 10.6 Å². The molecule has 0 aliphatic rings. The molecule has 3 aromatic rings. The zero-order valence-electron chi connectivity index (χ0n) is 13.3. The molecule has 0 fully saturated rings. The molecule has 2 aromatic heterocycles. The Balaban J connectivity index is 1.46. The maximum Gasteiger partial charge on any atom is 0.315 e. The fourth-order valence-corrected chi connectivity index (χ4v) is 2.93. The third kappa shape index (κ3) is 4.42. The number of carbonyl (C=O) groups is 1. The van der Waals surface area contributed by atoms with E-state index in [1.807, 2.05) is 41.4 Å². The van der Waals surface area contributed by atoms with Gasteiger partial charge in [0.05, 0.1) is 12.6 Å². The summed E-state index contributed by atoms with van der Waals surface area (Å²) in [4.78, 5) is 16.1. The summed E-state index contributed by atoms with van der Waals surface area (Å²) in [6.07, 6.45) is 5.44. The number of amides is 2. The zero-order valence-corrected chi connectivity index (χ0v) is 14.2. The molecule has 0 bridgehead atoms. The Hall–Kier alpha value is -2.67. The van der Waals surface area contributed by atoms with Gasteiger partial charge in [0.2, 0.25) is 0 Å². The van der Waals surface area contributed by atoms with Gasteiger partial charge in [0.25, 0.3) is 0 Å². The zero-order chi connectivity index (χ0) is 16.8. The highest BCUT2D eigenvalue weighted by Gasteiger charge is 2.11. The summed E-state index contributed by atoms with van der Waals surface area (Å²) in [5.41, 5.74) is 2.22. The second-order valence-electron chi connectivity index (χ2n) is 5.44. The van der Waals surface area contributed by atoms with Crippen LogP contribution in [-0.4, -0.2) is 20.8 Å². The van der Waals surface area contributed by atoms with Gasteiger partial charge in [-0.05, 0) is 24.1 Å². The summed E-state index contributed by atoms with van der Waals surface area (Å²) in [5.74, 6) is 0. The number of thiazole rings is 1. The summed E-state index contributed by atoms with van der Waals surface area (Å²) >= 11 is 1.53. The molecule has 2 N–H and O–H groups in total. The van der Waals surface area contributed by atoms with Crippen molar-refractivity contribution in [3.63, 3.8) is 0 Å². The Morgan fingerprint density at radius 2 is 2.04 bits per heavy atom. The fraction of sp³-hybridized carbons (Fsp3) is 0.235. The Morgan fingerprint density at radius 3 is 2.71 bits per heavy atom. The summed E-state index contributed by atoms with van der Waals surface area (Å²) in [7, 11) is 0. The highest BCUT2D eigenvalue weighted by atomic mass is 32.1. The van der Waals surface area contributed by atoms with E-state index in [0.717, 1.165) is 17.1 Å². The topological polar surface area (TPSA) is 71.8 Å². The van der Waals surface area contributed by atoms with Crippen LogP contribution in [0.15, 0.2) is 54.3 Å². The van der Waals surface area contributed by atoms with Gasteiger partial charge in [-0.15, -0.1) is 11.3 Å². The molecule has 2 heterocycles. The van der Waals surface area contributed by atoms with Gasteiger partial charge in [-0.3, -0.25) is 4.68 Å². The van der Waals surface area contributed by atoms with Crippen LogP contribution in [0, 0.1) is 0 Å². The van der Waals surface area contributed by atoms with Gasteiger partial charge in [0, 0.05) is 30.5 Å². The Kier molecular flexibility index (Phi) is 5.22. The van der Waals surface area contributed by atoms with Crippen LogP contribution < -0.4 is 10.6 Å². The molecule has 0 aliphatic heterocycles. The first kappa shape index (κ1) is 16.2. The van der Waals surface area contributed by atoms with E-state index in [9.17, 15) is 4.79 Å². The van der Waals surface area contributed by atoms with Crippen LogP contribution in [0.25, 0.3) is 0 Å². The monoisotopic (exact) mass is 341 g/mol. The normalized spacial score (nSPS) is 11.9. The molecule has 2 amide bonds. The molecular formula is C17H19N5OS. The Bertz CT molecular complexity index is 753. The van der Waals surface area contributed by atoms with Gasteiger partial charge in [0.15, 0.2) is 0 Å². The minimum absolute atomic E-state index is 0.0959. The van der Waals surface area contributed by atoms with E-state index in [-0.39, 0.29) is 12.1 Å². The molecule has 0 saturated carbocycles. The number of rotatable bonds is 6. The molecular weight excluding hydrogens is 322 g/mol. The van der Waals surface area contributed by atoms with Crippen LogP contribution in [0.4, 0.5) is 4.79 Å². The van der Waals surface area contributed by atoms with Crippen molar-refractivity contribution in [2.75, 3.05) is 0 Å². The van der Waals surface area contributed by atoms with Crippen molar-refractivity contribution in [1.82, 2.24) is 25.4 Å². The number of hydrogen-bond donors (Lipinski definition) is 2. The van der Waals surface area contributed by atoms with Crippen LogP contribution in [0.3, 0.4) is 0 Å². The van der Waals surface area contributed by atoms with E-state index < -0.39 is 0 Å². The van der Waals surface area contributed by atoms with Crippen molar-refractivity contribution in [3.8, 4) is 0 Å². The lowest BCUT2D eigenvalue weighted by atomic mass is 10.1. The SMILES string of the molecule is CC(NC(=O)NCc1ccc(Cn2cccn2)cc1)c1nccs1. The van der Waals surface area contributed by atoms with Crippen LogP contribution in [0.1, 0.15) is 29.1 Å². The molecule has 7 heteroatoms. The first-order valence-electron chi connectivity index (χ1n) is 7.70. The van der Waals surface area contributed by atoms with Gasteiger partial charge in [-0.1, -0.05) is 24.3 Å². The third-order valence-corrected chi connectivity index (χ3v) is 4.51. The molecule has 1 unspecified atom stereocenters. The van der Waals surface area contributed by atoms with E-state index in [2.05, 4.69) is 32.8 Å². The number of carbonyl (C=O) groups excluding carboxylic acids is 1. The van der Waals surface area contributed by atoms with Crippen molar-refractivity contribution in [1.29, 1.82) is 0 Å². The highest BCUT2D eigenvalue weighted by molar-refractivity contribution is 7.09. The lowest BCUT2D eigenvalue weighted by Crippen LogP contribution is -2.36. The fourth-order valence-electron chi connectivity index (χ4n) is 2.28. The largest absolute Gasteiger partial charge is 0.334 e. The van der Waals surface area contributed by atoms with E-state index in [1.54, 1.807) is 12.4 Å². The molecule has 124 valence electrons. The second-order valence-corrected chi connectivity index (χ2v) is 6.37. The quantitative estimate of drug-likeness (QED) is 0.724. The molecule has 1 atom stereocenters. The van der Waals surface area contributed by atoms with Crippen molar-refractivity contribution < 1.29 is 4.79 Å². The van der Waals surface area contributed by atoms with E-state index in [4.69, 9.17) is 0 Å². The van der Waals surface area contributed by atoms with Crippen molar-refractivity contribution >= 4 is 17.4 Å². The lowest BCUT2D eigenvalue weighted by molar-refractivity contribution is 0.237. The summed E-state index contributed by atoms with van der Waals surface area (Å²) in [6.45, 7) is 3.15. The van der Waals surface area contributed by atoms with Crippen molar-refractivity contribution in [2.45, 2.75) is 26.1 Å². The highest BCUT2D eigenvalue weighted by Crippen LogP contribution is 2.14. The number of aromatic nitrogens is 3. The molecule has 24 heavy (non-hydrogen) atoms. The Morgan fingerprint density at radius 1 is 1.25 bits per heavy atom. The molecule has 6 nitrogen and oxygen atoms in total.